The van der Waals surface area contributed by atoms with Crippen molar-refractivity contribution in [3.8, 4) is 0 Å². The van der Waals surface area contributed by atoms with Gasteiger partial charge in [-0.2, -0.15) is 0 Å². The second kappa shape index (κ2) is 11.8. The summed E-state index contributed by atoms with van der Waals surface area (Å²) >= 11 is 0. The Labute approximate surface area is 166 Å². The zero-order valence-electron chi connectivity index (χ0n) is 18.0. The van der Waals surface area contributed by atoms with E-state index in [9.17, 15) is 4.79 Å². The van der Waals surface area contributed by atoms with Crippen molar-refractivity contribution >= 4 is 5.97 Å². The van der Waals surface area contributed by atoms with Gasteiger partial charge < -0.3 is 10.1 Å². The lowest BCUT2D eigenvalue weighted by atomic mass is 9.72. The van der Waals surface area contributed by atoms with Gasteiger partial charge in [0.1, 0.15) is 0 Å². The van der Waals surface area contributed by atoms with E-state index in [-0.39, 0.29) is 17.9 Å². The van der Waals surface area contributed by atoms with Crippen LogP contribution in [0.2, 0.25) is 0 Å². The quantitative estimate of drug-likeness (QED) is 0.322. The molecule has 0 aromatic carbocycles. The molecule has 0 heterocycles. The van der Waals surface area contributed by atoms with Crippen LogP contribution in [0.15, 0.2) is 58.7 Å². The number of carbonyl (C=O) groups is 1. The van der Waals surface area contributed by atoms with E-state index in [1.54, 1.807) is 0 Å². The first-order valence-electron chi connectivity index (χ1n) is 10.0. The van der Waals surface area contributed by atoms with Gasteiger partial charge in [-0.3, -0.25) is 4.79 Å². The summed E-state index contributed by atoms with van der Waals surface area (Å²) in [5, 5.41) is 3.05. The number of hydrogen-bond donors (Lipinski definition) is 1. The number of carbonyl (C=O) groups excluding carboxylic acids is 1. The van der Waals surface area contributed by atoms with Crippen molar-refractivity contribution in [2.24, 2.45) is 5.41 Å². The lowest BCUT2D eigenvalue weighted by molar-refractivity contribution is -0.141. The highest BCUT2D eigenvalue weighted by Gasteiger charge is 2.26. The molecule has 0 aromatic heterocycles. The summed E-state index contributed by atoms with van der Waals surface area (Å²) in [5.41, 5.74) is 5.70. The molecule has 1 rings (SSSR count). The van der Waals surface area contributed by atoms with Crippen LogP contribution in [0.5, 0.6) is 0 Å². The standard InChI is InChI=1S/C24H37NO2/c1-7-27-23(26)18-25-17-15-20(3)11-8-10-19(2)13-14-22-21(4)12-9-16-24(22,5)6/h8,10-11,13-15,25H,7,9,12,16-18H2,1-6H3/b11-8-,14-13-,19-10-,20-15-. The van der Waals surface area contributed by atoms with Crippen LogP contribution >= 0.6 is 0 Å². The molecule has 0 atom stereocenters. The smallest absolute Gasteiger partial charge is 0.319 e. The molecule has 0 radical (unpaired) electrons. The third-order valence-corrected chi connectivity index (χ3v) is 4.92. The molecule has 1 N–H and O–H groups in total. The molecule has 0 unspecified atom stereocenters. The first-order chi connectivity index (χ1) is 12.8. The summed E-state index contributed by atoms with van der Waals surface area (Å²) in [6.45, 7) is 14.3. The Morgan fingerprint density at radius 1 is 1.22 bits per heavy atom. The van der Waals surface area contributed by atoms with Crippen molar-refractivity contribution in [1.29, 1.82) is 0 Å². The molecular weight excluding hydrogens is 334 g/mol. The Morgan fingerprint density at radius 2 is 1.96 bits per heavy atom. The van der Waals surface area contributed by atoms with Gasteiger partial charge in [-0.05, 0) is 57.9 Å². The Morgan fingerprint density at radius 3 is 2.63 bits per heavy atom. The average Bonchev–Trinajstić information content (AvgIpc) is 2.58. The van der Waals surface area contributed by atoms with Crippen LogP contribution in [0.25, 0.3) is 0 Å². The molecule has 0 amide bonds. The molecule has 27 heavy (non-hydrogen) atoms. The van der Waals surface area contributed by atoms with Crippen LogP contribution in [0.4, 0.5) is 0 Å². The van der Waals surface area contributed by atoms with Gasteiger partial charge in [-0.1, -0.05) is 67.0 Å². The molecule has 0 fully saturated rings. The first kappa shape index (κ1) is 23.2. The molecule has 0 aliphatic heterocycles. The maximum Gasteiger partial charge on any atom is 0.319 e. The first-order valence-corrected chi connectivity index (χ1v) is 10.0. The number of allylic oxidation sites excluding steroid dienone is 9. The summed E-state index contributed by atoms with van der Waals surface area (Å²) in [7, 11) is 0. The minimum atomic E-state index is -0.212. The highest BCUT2D eigenvalue weighted by Crippen LogP contribution is 2.40. The molecule has 0 saturated carbocycles. The highest BCUT2D eigenvalue weighted by atomic mass is 16.5. The number of nitrogens with one attached hydrogen (secondary N) is 1. The Hall–Kier alpha value is -1.87. The van der Waals surface area contributed by atoms with Crippen LogP contribution in [0.1, 0.15) is 60.8 Å². The van der Waals surface area contributed by atoms with E-state index in [2.05, 4.69) is 76.4 Å². The zero-order valence-corrected chi connectivity index (χ0v) is 18.0. The van der Waals surface area contributed by atoms with Crippen molar-refractivity contribution < 1.29 is 9.53 Å². The number of hydrogen-bond acceptors (Lipinski definition) is 3. The summed E-state index contributed by atoms with van der Waals surface area (Å²) in [6, 6.07) is 0. The van der Waals surface area contributed by atoms with Gasteiger partial charge in [0.15, 0.2) is 0 Å². The molecule has 0 bridgehead atoms. The van der Waals surface area contributed by atoms with E-state index >= 15 is 0 Å². The Balaban J connectivity index is 2.53. The van der Waals surface area contributed by atoms with E-state index < -0.39 is 0 Å². The second-order valence-corrected chi connectivity index (χ2v) is 7.92. The lowest BCUT2D eigenvalue weighted by Gasteiger charge is -2.32. The minimum Gasteiger partial charge on any atom is -0.465 e. The zero-order chi connectivity index (χ0) is 20.3. The van der Waals surface area contributed by atoms with Crippen molar-refractivity contribution in [1.82, 2.24) is 5.32 Å². The number of rotatable bonds is 9. The third-order valence-electron chi connectivity index (χ3n) is 4.92. The van der Waals surface area contributed by atoms with Gasteiger partial charge in [-0.15, -0.1) is 0 Å². The topological polar surface area (TPSA) is 38.3 Å². The highest BCUT2D eigenvalue weighted by molar-refractivity contribution is 5.71. The summed E-state index contributed by atoms with van der Waals surface area (Å²) in [6.07, 6.45) is 16.7. The van der Waals surface area contributed by atoms with E-state index in [0.29, 0.717) is 13.2 Å². The fourth-order valence-corrected chi connectivity index (χ4v) is 3.32. The van der Waals surface area contributed by atoms with Gasteiger partial charge in [0.2, 0.25) is 0 Å². The number of ether oxygens (including phenoxy) is 1. The molecule has 1 aliphatic rings. The molecule has 0 saturated heterocycles. The SMILES string of the molecule is CCOC(=O)CNC\C=C(C)/C=C\C=C(C)/C=C\C1=C(C)CCCC1(C)C. The normalized spacial score (nSPS) is 18.6. The molecule has 1 aliphatic carbocycles. The van der Waals surface area contributed by atoms with Crippen molar-refractivity contribution in [2.45, 2.75) is 60.8 Å². The molecule has 0 spiro atoms. The molecule has 3 heteroatoms. The second-order valence-electron chi connectivity index (χ2n) is 7.92. The largest absolute Gasteiger partial charge is 0.465 e. The van der Waals surface area contributed by atoms with Crippen molar-refractivity contribution in [3.05, 3.63) is 58.7 Å². The minimum absolute atomic E-state index is 0.212. The maximum absolute atomic E-state index is 11.2. The molecule has 0 aromatic rings. The van der Waals surface area contributed by atoms with Crippen LogP contribution in [-0.2, 0) is 9.53 Å². The fourth-order valence-electron chi connectivity index (χ4n) is 3.32. The van der Waals surface area contributed by atoms with Crippen LogP contribution < -0.4 is 5.32 Å². The summed E-state index contributed by atoms with van der Waals surface area (Å²) in [4.78, 5) is 11.2. The van der Waals surface area contributed by atoms with Crippen LogP contribution in [0, 0.1) is 5.41 Å². The predicted molar refractivity (Wildman–Crippen MR) is 116 cm³/mol. The third kappa shape index (κ3) is 9.05. The fraction of sp³-hybridized carbons (Fsp3) is 0.542. The van der Waals surface area contributed by atoms with E-state index in [1.807, 2.05) is 6.92 Å². The van der Waals surface area contributed by atoms with Gasteiger partial charge in [0, 0.05) is 6.54 Å². The lowest BCUT2D eigenvalue weighted by Crippen LogP contribution is -2.24. The summed E-state index contributed by atoms with van der Waals surface area (Å²) in [5.74, 6) is -0.212. The molecule has 3 nitrogen and oxygen atoms in total. The average molecular weight is 372 g/mol. The van der Waals surface area contributed by atoms with Gasteiger partial charge in [0.25, 0.3) is 0 Å². The van der Waals surface area contributed by atoms with Gasteiger partial charge in [-0.25, -0.2) is 0 Å². The summed E-state index contributed by atoms with van der Waals surface area (Å²) < 4.78 is 4.87. The number of esters is 1. The van der Waals surface area contributed by atoms with Gasteiger partial charge in [0.05, 0.1) is 13.2 Å². The van der Waals surface area contributed by atoms with Gasteiger partial charge >= 0.3 is 5.97 Å². The molecule has 150 valence electrons. The Bertz CT molecular complexity index is 645. The molecular formula is C24H37NO2. The maximum atomic E-state index is 11.2. The van der Waals surface area contributed by atoms with Crippen LogP contribution in [0.3, 0.4) is 0 Å². The Kier molecular flexibility index (Phi) is 10.1. The van der Waals surface area contributed by atoms with E-state index in [4.69, 9.17) is 4.74 Å². The van der Waals surface area contributed by atoms with Crippen LogP contribution in [-0.4, -0.2) is 25.7 Å². The van der Waals surface area contributed by atoms with Crippen molar-refractivity contribution in [2.75, 3.05) is 19.7 Å². The van der Waals surface area contributed by atoms with E-state index in [0.717, 1.165) is 5.57 Å². The predicted octanol–water partition coefficient (Wildman–Crippen LogP) is 5.67. The monoisotopic (exact) mass is 371 g/mol. The van der Waals surface area contributed by atoms with Crippen molar-refractivity contribution in [3.63, 3.8) is 0 Å². The van der Waals surface area contributed by atoms with E-state index in [1.165, 1.54) is 36.0 Å².